The fourth-order valence-corrected chi connectivity index (χ4v) is 3.25. The molecule has 130 valence electrons. The van der Waals surface area contributed by atoms with Gasteiger partial charge in [0, 0.05) is 10.9 Å². The van der Waals surface area contributed by atoms with Crippen LogP contribution in [-0.4, -0.2) is 16.7 Å². The van der Waals surface area contributed by atoms with Gasteiger partial charge >= 0.3 is 0 Å². The zero-order chi connectivity index (χ0) is 18.5. The Balaban J connectivity index is 1.92. The zero-order valence-corrected chi connectivity index (χ0v) is 15.4. The van der Waals surface area contributed by atoms with Crippen LogP contribution in [0.15, 0.2) is 47.8 Å². The van der Waals surface area contributed by atoms with Crippen LogP contribution < -0.4 is 4.74 Å². The molecule has 5 heteroatoms. The first-order chi connectivity index (χ1) is 12.6. The number of ether oxygens (including phenoxy) is 1. The Morgan fingerprint density at radius 1 is 1.27 bits per heavy atom. The lowest BCUT2D eigenvalue weighted by atomic mass is 10.1. The standard InChI is InChI=1S/C21H18N2O2S/c1-3-25-20-11-15(6-9-19(20)24)10-17(12-22)21-23-18(13-26-21)16-7-4-14(2)5-8-16/h4-11,13,24H,3H2,1-2H3/b17-10+. The van der Waals surface area contributed by atoms with Crippen molar-refractivity contribution in [2.45, 2.75) is 13.8 Å². The van der Waals surface area contributed by atoms with E-state index in [1.807, 2.05) is 43.5 Å². The summed E-state index contributed by atoms with van der Waals surface area (Å²) in [6.07, 6.45) is 1.75. The van der Waals surface area contributed by atoms with Crippen LogP contribution in [0.3, 0.4) is 0 Å². The van der Waals surface area contributed by atoms with Crippen molar-refractivity contribution in [1.29, 1.82) is 5.26 Å². The van der Waals surface area contributed by atoms with Crippen molar-refractivity contribution < 1.29 is 9.84 Å². The van der Waals surface area contributed by atoms with E-state index in [1.165, 1.54) is 16.9 Å². The molecule has 0 radical (unpaired) electrons. The Morgan fingerprint density at radius 3 is 2.73 bits per heavy atom. The number of aryl methyl sites for hydroxylation is 1. The number of aromatic nitrogens is 1. The number of phenols is 1. The van der Waals surface area contributed by atoms with Crippen LogP contribution in [-0.2, 0) is 0 Å². The highest BCUT2D eigenvalue weighted by Gasteiger charge is 2.10. The molecule has 0 fully saturated rings. The number of nitriles is 1. The third-order valence-electron chi connectivity index (χ3n) is 3.80. The lowest BCUT2D eigenvalue weighted by Gasteiger charge is -2.06. The van der Waals surface area contributed by atoms with Gasteiger partial charge in [0.15, 0.2) is 11.5 Å². The average Bonchev–Trinajstić information content (AvgIpc) is 3.13. The van der Waals surface area contributed by atoms with Crippen molar-refractivity contribution in [3.05, 3.63) is 64.0 Å². The highest BCUT2D eigenvalue weighted by molar-refractivity contribution is 7.11. The Kier molecular flexibility index (Phi) is 5.35. The van der Waals surface area contributed by atoms with Crippen molar-refractivity contribution in [1.82, 2.24) is 4.98 Å². The number of allylic oxidation sites excluding steroid dienone is 1. The third kappa shape index (κ3) is 3.93. The molecular formula is C21H18N2O2S. The molecule has 4 nitrogen and oxygen atoms in total. The van der Waals surface area contributed by atoms with E-state index in [0.29, 0.717) is 22.9 Å². The summed E-state index contributed by atoms with van der Waals surface area (Å²) in [5, 5.41) is 22.0. The molecule has 0 saturated carbocycles. The highest BCUT2D eigenvalue weighted by Crippen LogP contribution is 2.30. The van der Waals surface area contributed by atoms with Gasteiger partial charge in [0.1, 0.15) is 11.1 Å². The molecular weight excluding hydrogens is 344 g/mol. The lowest BCUT2D eigenvalue weighted by molar-refractivity contribution is 0.318. The summed E-state index contributed by atoms with van der Waals surface area (Å²) in [6, 6.07) is 15.4. The molecule has 0 unspecified atom stereocenters. The van der Waals surface area contributed by atoms with Crippen molar-refractivity contribution in [2.24, 2.45) is 0 Å². The van der Waals surface area contributed by atoms with E-state index in [0.717, 1.165) is 16.8 Å². The summed E-state index contributed by atoms with van der Waals surface area (Å²) in [7, 11) is 0. The monoisotopic (exact) mass is 362 g/mol. The van der Waals surface area contributed by atoms with Gasteiger partial charge in [0.25, 0.3) is 0 Å². The first kappa shape index (κ1) is 17.7. The van der Waals surface area contributed by atoms with Gasteiger partial charge in [-0.05, 0) is 37.6 Å². The fourth-order valence-electron chi connectivity index (χ4n) is 2.45. The molecule has 0 bridgehead atoms. The van der Waals surface area contributed by atoms with Crippen LogP contribution in [0.2, 0.25) is 0 Å². The predicted molar refractivity (Wildman–Crippen MR) is 105 cm³/mol. The van der Waals surface area contributed by atoms with Gasteiger partial charge in [0.2, 0.25) is 0 Å². The molecule has 0 aliphatic rings. The third-order valence-corrected chi connectivity index (χ3v) is 4.67. The molecule has 3 rings (SSSR count). The van der Waals surface area contributed by atoms with Gasteiger partial charge in [-0.25, -0.2) is 4.98 Å². The van der Waals surface area contributed by atoms with Crippen LogP contribution in [0.5, 0.6) is 11.5 Å². The summed E-state index contributed by atoms with van der Waals surface area (Å²) >= 11 is 1.44. The number of phenolic OH excluding ortho intramolecular Hbond substituents is 1. The summed E-state index contributed by atoms with van der Waals surface area (Å²) < 4.78 is 5.39. The molecule has 0 aliphatic carbocycles. The molecule has 0 aliphatic heterocycles. The molecule has 1 heterocycles. The number of benzene rings is 2. The Bertz CT molecular complexity index is 982. The van der Waals surface area contributed by atoms with E-state index in [9.17, 15) is 10.4 Å². The molecule has 0 atom stereocenters. The molecule has 1 aromatic heterocycles. The Labute approximate surface area is 156 Å². The van der Waals surface area contributed by atoms with Gasteiger partial charge in [-0.1, -0.05) is 35.9 Å². The maximum atomic E-state index is 9.80. The van der Waals surface area contributed by atoms with E-state index in [4.69, 9.17) is 4.74 Å². The first-order valence-electron chi connectivity index (χ1n) is 8.21. The van der Waals surface area contributed by atoms with Gasteiger partial charge in [0.05, 0.1) is 17.9 Å². The van der Waals surface area contributed by atoms with Crippen LogP contribution in [0, 0.1) is 18.3 Å². The van der Waals surface area contributed by atoms with Gasteiger partial charge in [-0.3, -0.25) is 0 Å². The second-order valence-corrected chi connectivity index (χ2v) is 6.59. The number of rotatable bonds is 5. The number of aromatic hydroxyl groups is 1. The van der Waals surface area contributed by atoms with E-state index in [1.54, 1.807) is 24.3 Å². The Hall–Kier alpha value is -3.10. The molecule has 0 amide bonds. The fraction of sp³-hybridized carbons (Fsp3) is 0.143. The predicted octanol–water partition coefficient (Wildman–Crippen LogP) is 5.29. The van der Waals surface area contributed by atoms with E-state index in [2.05, 4.69) is 11.1 Å². The molecule has 1 N–H and O–H groups in total. The smallest absolute Gasteiger partial charge is 0.161 e. The van der Waals surface area contributed by atoms with Crippen molar-refractivity contribution >= 4 is 23.0 Å². The maximum absolute atomic E-state index is 9.80. The van der Waals surface area contributed by atoms with E-state index < -0.39 is 0 Å². The Morgan fingerprint density at radius 2 is 2.04 bits per heavy atom. The highest BCUT2D eigenvalue weighted by atomic mass is 32.1. The minimum Gasteiger partial charge on any atom is -0.504 e. The van der Waals surface area contributed by atoms with E-state index >= 15 is 0 Å². The average molecular weight is 362 g/mol. The zero-order valence-electron chi connectivity index (χ0n) is 14.6. The maximum Gasteiger partial charge on any atom is 0.161 e. The summed E-state index contributed by atoms with van der Waals surface area (Å²) in [6.45, 7) is 4.35. The summed E-state index contributed by atoms with van der Waals surface area (Å²) in [5.74, 6) is 0.483. The van der Waals surface area contributed by atoms with Crippen LogP contribution in [0.1, 0.15) is 23.1 Å². The van der Waals surface area contributed by atoms with Gasteiger partial charge < -0.3 is 9.84 Å². The largest absolute Gasteiger partial charge is 0.504 e. The lowest BCUT2D eigenvalue weighted by Crippen LogP contribution is -1.92. The van der Waals surface area contributed by atoms with Crippen molar-refractivity contribution in [3.8, 4) is 28.8 Å². The summed E-state index contributed by atoms with van der Waals surface area (Å²) in [4.78, 5) is 4.60. The normalized spacial score (nSPS) is 11.2. The first-order valence-corrected chi connectivity index (χ1v) is 9.09. The molecule has 0 saturated heterocycles. The molecule has 0 spiro atoms. The van der Waals surface area contributed by atoms with Crippen LogP contribution in [0.25, 0.3) is 22.9 Å². The number of hydrogen-bond acceptors (Lipinski definition) is 5. The van der Waals surface area contributed by atoms with E-state index in [-0.39, 0.29) is 5.75 Å². The van der Waals surface area contributed by atoms with Gasteiger partial charge in [-0.15, -0.1) is 11.3 Å². The SMILES string of the molecule is CCOc1cc(/C=C(\C#N)c2nc(-c3ccc(C)cc3)cs2)ccc1O. The quantitative estimate of drug-likeness (QED) is 0.627. The minimum absolute atomic E-state index is 0.0819. The minimum atomic E-state index is 0.0819. The van der Waals surface area contributed by atoms with Crippen LogP contribution in [0.4, 0.5) is 0 Å². The topological polar surface area (TPSA) is 66.1 Å². The van der Waals surface area contributed by atoms with Crippen molar-refractivity contribution in [2.75, 3.05) is 6.61 Å². The van der Waals surface area contributed by atoms with Crippen LogP contribution >= 0.6 is 11.3 Å². The number of thiazole rings is 1. The number of hydrogen-bond donors (Lipinski definition) is 1. The van der Waals surface area contributed by atoms with Crippen molar-refractivity contribution in [3.63, 3.8) is 0 Å². The molecule has 26 heavy (non-hydrogen) atoms. The molecule has 3 aromatic rings. The number of nitrogens with zero attached hydrogens (tertiary/aromatic N) is 2. The molecule has 2 aromatic carbocycles. The van der Waals surface area contributed by atoms with Gasteiger partial charge in [-0.2, -0.15) is 5.26 Å². The second kappa shape index (κ2) is 7.85. The summed E-state index contributed by atoms with van der Waals surface area (Å²) in [5.41, 5.74) is 4.32. The second-order valence-electron chi connectivity index (χ2n) is 5.73.